The quantitative estimate of drug-likeness (QED) is 0.546. The molecule has 0 atom stereocenters. The number of carbonyl (C=O) groups excluding carboxylic acids is 1. The number of sulfonamides is 1. The van der Waals surface area contributed by atoms with Gasteiger partial charge in [0.2, 0.25) is 5.03 Å². The van der Waals surface area contributed by atoms with Crippen LogP contribution in [0.1, 0.15) is 15.9 Å². The van der Waals surface area contributed by atoms with E-state index in [9.17, 15) is 13.2 Å². The summed E-state index contributed by atoms with van der Waals surface area (Å²) >= 11 is 6.15. The van der Waals surface area contributed by atoms with E-state index in [1.165, 1.54) is 20.1 Å². The molecule has 2 aromatic rings. The topological polar surface area (TPSA) is 78.8 Å². The molecular weight excluding hydrogens is 450 g/mol. The Labute approximate surface area is 194 Å². The van der Waals surface area contributed by atoms with Crippen LogP contribution in [0.15, 0.2) is 54.7 Å². The zero-order valence-corrected chi connectivity index (χ0v) is 19.9. The fourth-order valence-corrected chi connectivity index (χ4v) is 5.45. The lowest BCUT2D eigenvalue weighted by Gasteiger charge is -2.36. The van der Waals surface area contributed by atoms with Gasteiger partial charge in [0.05, 0.1) is 5.56 Å². The summed E-state index contributed by atoms with van der Waals surface area (Å²) in [6.07, 6.45) is 4.62. The number of nitrogens with zero attached hydrogens (tertiary/aromatic N) is 5. The summed E-state index contributed by atoms with van der Waals surface area (Å²) in [7, 11) is -2.36. The normalized spacial score (nSPS) is 14.9. The Morgan fingerprint density at radius 3 is 2.41 bits per heavy atom. The highest BCUT2D eigenvalue weighted by Crippen LogP contribution is 2.27. The molecule has 0 saturated carbocycles. The number of anilines is 1. The van der Waals surface area contributed by atoms with Gasteiger partial charge in [-0.3, -0.25) is 9.48 Å². The second-order valence-electron chi connectivity index (χ2n) is 7.63. The third-order valence-electron chi connectivity index (χ3n) is 5.35. The van der Waals surface area contributed by atoms with Gasteiger partial charge in [-0.25, -0.2) is 8.42 Å². The van der Waals surface area contributed by atoms with Crippen molar-refractivity contribution < 1.29 is 13.2 Å². The van der Waals surface area contributed by atoms with Crippen LogP contribution in [0.5, 0.6) is 0 Å². The number of piperazine rings is 1. The minimum atomic E-state index is -3.95. The lowest BCUT2D eigenvalue weighted by molar-refractivity contribution is 0.0786. The first-order chi connectivity index (χ1) is 15.2. The van der Waals surface area contributed by atoms with Crippen molar-refractivity contribution in [2.75, 3.05) is 44.2 Å². The molecule has 1 aliphatic heterocycles. The molecule has 1 fully saturated rings. The van der Waals surface area contributed by atoms with Crippen molar-refractivity contribution in [2.24, 2.45) is 7.05 Å². The average Bonchev–Trinajstić information content (AvgIpc) is 3.17. The van der Waals surface area contributed by atoms with Crippen molar-refractivity contribution in [3.63, 3.8) is 0 Å². The Morgan fingerprint density at radius 2 is 1.81 bits per heavy atom. The van der Waals surface area contributed by atoms with Crippen LogP contribution in [0.2, 0.25) is 5.02 Å². The SMILES string of the molecule is C=CCN(CC=C)C(=O)c1cn(C)nc1S(=O)(=O)N1CCN(c2cc(Cl)ccc2C)CC1. The highest BCUT2D eigenvalue weighted by molar-refractivity contribution is 7.89. The van der Waals surface area contributed by atoms with E-state index >= 15 is 0 Å². The maximum Gasteiger partial charge on any atom is 0.263 e. The second kappa shape index (κ2) is 9.89. The number of halogens is 1. The number of hydrogen-bond donors (Lipinski definition) is 0. The van der Waals surface area contributed by atoms with Crippen LogP contribution in [0, 0.1) is 6.92 Å². The van der Waals surface area contributed by atoms with Crippen LogP contribution in [0.25, 0.3) is 0 Å². The Morgan fingerprint density at radius 1 is 1.19 bits per heavy atom. The molecule has 0 radical (unpaired) electrons. The summed E-state index contributed by atoms with van der Waals surface area (Å²) in [5.41, 5.74) is 2.12. The molecule has 32 heavy (non-hydrogen) atoms. The summed E-state index contributed by atoms with van der Waals surface area (Å²) in [6, 6.07) is 5.68. The van der Waals surface area contributed by atoms with Gasteiger partial charge in [-0.2, -0.15) is 9.40 Å². The van der Waals surface area contributed by atoms with Gasteiger partial charge in [0.1, 0.15) is 0 Å². The predicted molar refractivity (Wildman–Crippen MR) is 127 cm³/mol. The molecular formula is C22H28ClN5O3S. The van der Waals surface area contributed by atoms with Crippen LogP contribution in [-0.2, 0) is 17.1 Å². The first-order valence-electron chi connectivity index (χ1n) is 10.2. The van der Waals surface area contributed by atoms with Crippen LogP contribution >= 0.6 is 11.6 Å². The highest BCUT2D eigenvalue weighted by atomic mass is 35.5. The first-order valence-corrected chi connectivity index (χ1v) is 12.1. The van der Waals surface area contributed by atoms with E-state index in [0.717, 1.165) is 11.3 Å². The Balaban J connectivity index is 1.83. The first kappa shape index (κ1) is 24.0. The Kier molecular flexibility index (Phi) is 7.43. The summed E-state index contributed by atoms with van der Waals surface area (Å²) in [5, 5.41) is 4.55. The molecule has 8 nitrogen and oxygen atoms in total. The zero-order valence-electron chi connectivity index (χ0n) is 18.4. The number of rotatable bonds is 8. The summed E-state index contributed by atoms with van der Waals surface area (Å²) in [6.45, 7) is 11.5. The van der Waals surface area contributed by atoms with E-state index in [1.807, 2.05) is 25.1 Å². The number of carbonyl (C=O) groups is 1. The Bertz CT molecular complexity index is 1110. The predicted octanol–water partition coefficient (Wildman–Crippen LogP) is 2.71. The summed E-state index contributed by atoms with van der Waals surface area (Å²) < 4.78 is 29.6. The highest BCUT2D eigenvalue weighted by Gasteiger charge is 2.35. The molecule has 3 rings (SSSR count). The number of benzene rings is 1. The lowest BCUT2D eigenvalue weighted by Crippen LogP contribution is -2.49. The number of aryl methyl sites for hydroxylation is 2. The molecule has 0 aliphatic carbocycles. The average molecular weight is 478 g/mol. The van der Waals surface area contributed by atoms with Gasteiger partial charge in [-0.05, 0) is 24.6 Å². The molecule has 172 valence electrons. The van der Waals surface area contributed by atoms with Gasteiger partial charge in [-0.1, -0.05) is 29.8 Å². The molecule has 0 spiro atoms. The third kappa shape index (κ3) is 4.90. The lowest BCUT2D eigenvalue weighted by atomic mass is 10.1. The van der Waals surface area contributed by atoms with Gasteiger partial charge >= 0.3 is 0 Å². The monoisotopic (exact) mass is 477 g/mol. The second-order valence-corrected chi connectivity index (χ2v) is 9.92. The fraction of sp³-hybridized carbons (Fsp3) is 0.364. The van der Waals surface area contributed by atoms with Gasteiger partial charge in [0, 0.05) is 63.2 Å². The van der Waals surface area contributed by atoms with E-state index in [1.54, 1.807) is 19.2 Å². The van der Waals surface area contributed by atoms with Crippen LogP contribution in [-0.4, -0.2) is 72.6 Å². The van der Waals surface area contributed by atoms with Crippen LogP contribution in [0.4, 0.5) is 5.69 Å². The van der Waals surface area contributed by atoms with Gasteiger partial charge < -0.3 is 9.80 Å². The number of hydrogen-bond acceptors (Lipinski definition) is 5. The van der Waals surface area contributed by atoms with Crippen molar-refractivity contribution in [1.82, 2.24) is 19.0 Å². The molecule has 10 heteroatoms. The van der Waals surface area contributed by atoms with Crippen molar-refractivity contribution in [2.45, 2.75) is 11.9 Å². The number of aromatic nitrogens is 2. The maximum atomic E-state index is 13.4. The van der Waals surface area contributed by atoms with Crippen molar-refractivity contribution in [1.29, 1.82) is 0 Å². The van der Waals surface area contributed by atoms with Gasteiger partial charge in [0.15, 0.2) is 0 Å². The van der Waals surface area contributed by atoms with Gasteiger partial charge in [-0.15, -0.1) is 13.2 Å². The van der Waals surface area contributed by atoms with Crippen molar-refractivity contribution in [3.8, 4) is 0 Å². The molecule has 1 aromatic heterocycles. The van der Waals surface area contributed by atoms with Gasteiger partial charge in [0.25, 0.3) is 15.9 Å². The van der Waals surface area contributed by atoms with E-state index in [4.69, 9.17) is 11.6 Å². The third-order valence-corrected chi connectivity index (χ3v) is 7.42. The molecule has 1 saturated heterocycles. The molecule has 1 aromatic carbocycles. The van der Waals surface area contributed by atoms with Crippen molar-refractivity contribution >= 4 is 33.2 Å². The summed E-state index contributed by atoms with van der Waals surface area (Å²) in [4.78, 5) is 16.7. The molecule has 0 N–H and O–H groups in total. The Hall–Kier alpha value is -2.62. The smallest absolute Gasteiger partial charge is 0.263 e. The van der Waals surface area contributed by atoms with E-state index < -0.39 is 15.9 Å². The van der Waals surface area contributed by atoms with E-state index in [-0.39, 0.29) is 36.8 Å². The van der Waals surface area contributed by atoms with Crippen LogP contribution in [0.3, 0.4) is 0 Å². The minimum Gasteiger partial charge on any atom is -0.369 e. The van der Waals surface area contributed by atoms with Crippen molar-refractivity contribution in [3.05, 3.63) is 65.9 Å². The molecule has 1 amide bonds. The van der Waals surface area contributed by atoms with E-state index in [2.05, 4.69) is 23.2 Å². The molecule has 0 bridgehead atoms. The molecule has 1 aliphatic rings. The van der Waals surface area contributed by atoms with E-state index in [0.29, 0.717) is 18.1 Å². The number of amides is 1. The minimum absolute atomic E-state index is 0.0457. The maximum absolute atomic E-state index is 13.4. The zero-order chi connectivity index (χ0) is 23.5. The molecule has 0 unspecified atom stereocenters. The largest absolute Gasteiger partial charge is 0.369 e. The fourth-order valence-electron chi connectivity index (χ4n) is 3.74. The van der Waals surface area contributed by atoms with Crippen LogP contribution < -0.4 is 4.90 Å². The molecule has 2 heterocycles. The standard InChI is InChI=1S/C22H28ClN5O3S/c1-5-9-27(10-6-2)22(29)19-16-25(4)24-21(19)32(30,31)28-13-11-26(12-14-28)20-15-18(23)8-7-17(20)3/h5-8,15-16H,1-2,9-14H2,3-4H3. The summed E-state index contributed by atoms with van der Waals surface area (Å²) in [5.74, 6) is -0.426.